The van der Waals surface area contributed by atoms with Crippen molar-refractivity contribution in [3.05, 3.63) is 29.3 Å². The first-order valence-electron chi connectivity index (χ1n) is 6.76. The average Bonchev–Trinajstić information content (AvgIpc) is 2.75. The van der Waals surface area contributed by atoms with Crippen LogP contribution in [0, 0.1) is 5.92 Å². The lowest BCUT2D eigenvalue weighted by Gasteiger charge is -2.10. The van der Waals surface area contributed by atoms with E-state index in [9.17, 15) is 9.90 Å². The Morgan fingerprint density at radius 3 is 3.05 bits per heavy atom. The standard InChI is InChI=1S/C15H21NO3/c1-10(2)8-16-15(18)9-19-12-4-5-13-11(7-12)3-6-14(13)17/h4-5,7,10,14,17H,3,6,8-9H2,1-2H3,(H,16,18). The van der Waals surface area contributed by atoms with E-state index < -0.39 is 0 Å². The van der Waals surface area contributed by atoms with Gasteiger partial charge in [0.25, 0.3) is 5.91 Å². The zero-order valence-corrected chi connectivity index (χ0v) is 11.5. The maximum absolute atomic E-state index is 11.5. The molecule has 104 valence electrons. The van der Waals surface area contributed by atoms with Crippen LogP contribution in [0.1, 0.15) is 37.5 Å². The Labute approximate surface area is 113 Å². The summed E-state index contributed by atoms with van der Waals surface area (Å²) in [4.78, 5) is 11.5. The molecule has 1 amide bonds. The largest absolute Gasteiger partial charge is 0.484 e. The number of carbonyl (C=O) groups excluding carboxylic acids is 1. The van der Waals surface area contributed by atoms with Gasteiger partial charge in [-0.1, -0.05) is 19.9 Å². The van der Waals surface area contributed by atoms with Crippen molar-refractivity contribution in [3.8, 4) is 5.75 Å². The fraction of sp³-hybridized carbons (Fsp3) is 0.533. The number of ether oxygens (including phenoxy) is 1. The van der Waals surface area contributed by atoms with Crippen LogP contribution >= 0.6 is 0 Å². The Balaban J connectivity index is 1.85. The normalized spacial score (nSPS) is 17.4. The number of hydrogen-bond donors (Lipinski definition) is 2. The Hall–Kier alpha value is -1.55. The molecule has 0 aliphatic heterocycles. The van der Waals surface area contributed by atoms with Crippen LogP contribution in [0.5, 0.6) is 5.75 Å². The first kappa shape index (κ1) is 13.9. The fourth-order valence-electron chi connectivity index (χ4n) is 2.18. The molecule has 0 aromatic heterocycles. The van der Waals surface area contributed by atoms with Crippen molar-refractivity contribution in [1.82, 2.24) is 5.32 Å². The van der Waals surface area contributed by atoms with Crippen molar-refractivity contribution in [1.29, 1.82) is 0 Å². The third-order valence-electron chi connectivity index (χ3n) is 3.24. The Morgan fingerprint density at radius 1 is 1.53 bits per heavy atom. The topological polar surface area (TPSA) is 58.6 Å². The van der Waals surface area contributed by atoms with Crippen LogP contribution in [-0.2, 0) is 11.2 Å². The molecule has 1 atom stereocenters. The number of hydrogen-bond acceptors (Lipinski definition) is 3. The summed E-state index contributed by atoms with van der Waals surface area (Å²) in [5.74, 6) is 1.02. The minimum atomic E-state index is -0.349. The molecule has 2 rings (SSSR count). The van der Waals surface area contributed by atoms with Crippen LogP contribution in [0.2, 0.25) is 0 Å². The Morgan fingerprint density at radius 2 is 2.32 bits per heavy atom. The summed E-state index contributed by atoms with van der Waals surface area (Å²) in [5.41, 5.74) is 2.10. The lowest BCUT2D eigenvalue weighted by Crippen LogP contribution is -2.31. The van der Waals surface area contributed by atoms with E-state index >= 15 is 0 Å². The number of aryl methyl sites for hydroxylation is 1. The Bertz CT molecular complexity index is 457. The van der Waals surface area contributed by atoms with Crippen molar-refractivity contribution in [3.63, 3.8) is 0 Å². The summed E-state index contributed by atoms with van der Waals surface area (Å²) >= 11 is 0. The van der Waals surface area contributed by atoms with Gasteiger partial charge in [-0.15, -0.1) is 0 Å². The smallest absolute Gasteiger partial charge is 0.257 e. The molecule has 0 radical (unpaired) electrons. The number of nitrogens with one attached hydrogen (secondary N) is 1. The molecule has 2 N–H and O–H groups in total. The minimum Gasteiger partial charge on any atom is -0.484 e. The van der Waals surface area contributed by atoms with E-state index in [0.29, 0.717) is 18.2 Å². The van der Waals surface area contributed by atoms with E-state index in [-0.39, 0.29) is 18.6 Å². The van der Waals surface area contributed by atoms with Gasteiger partial charge >= 0.3 is 0 Å². The summed E-state index contributed by atoms with van der Waals surface area (Å²) in [7, 11) is 0. The molecule has 19 heavy (non-hydrogen) atoms. The molecule has 0 spiro atoms. The number of fused-ring (bicyclic) bond motifs is 1. The molecular formula is C15H21NO3. The van der Waals surface area contributed by atoms with E-state index in [0.717, 1.165) is 24.0 Å². The van der Waals surface area contributed by atoms with Crippen LogP contribution < -0.4 is 10.1 Å². The van der Waals surface area contributed by atoms with Crippen LogP contribution in [0.15, 0.2) is 18.2 Å². The van der Waals surface area contributed by atoms with Crippen molar-refractivity contribution >= 4 is 5.91 Å². The van der Waals surface area contributed by atoms with Crippen molar-refractivity contribution in [2.24, 2.45) is 5.92 Å². The summed E-state index contributed by atoms with van der Waals surface area (Å²) in [6.45, 7) is 4.80. The predicted octanol–water partition coefficient (Wildman–Crippen LogP) is 1.82. The third-order valence-corrected chi connectivity index (χ3v) is 3.24. The van der Waals surface area contributed by atoms with Gasteiger partial charge in [-0.25, -0.2) is 0 Å². The predicted molar refractivity (Wildman–Crippen MR) is 73.1 cm³/mol. The molecule has 0 heterocycles. The highest BCUT2D eigenvalue weighted by Crippen LogP contribution is 2.33. The van der Waals surface area contributed by atoms with Gasteiger partial charge in [-0.2, -0.15) is 0 Å². The second-order valence-electron chi connectivity index (χ2n) is 5.40. The second kappa shape index (κ2) is 6.06. The molecule has 4 nitrogen and oxygen atoms in total. The zero-order valence-electron chi connectivity index (χ0n) is 11.5. The number of aliphatic hydroxyl groups excluding tert-OH is 1. The quantitative estimate of drug-likeness (QED) is 0.852. The molecule has 0 bridgehead atoms. The zero-order chi connectivity index (χ0) is 13.8. The highest BCUT2D eigenvalue weighted by atomic mass is 16.5. The molecular weight excluding hydrogens is 242 g/mol. The summed E-state index contributed by atoms with van der Waals surface area (Å²) in [6, 6.07) is 5.61. The summed E-state index contributed by atoms with van der Waals surface area (Å²) < 4.78 is 5.47. The highest BCUT2D eigenvalue weighted by Gasteiger charge is 2.20. The number of benzene rings is 1. The Kier molecular flexibility index (Phi) is 4.43. The third kappa shape index (κ3) is 3.70. The molecule has 1 unspecified atom stereocenters. The van der Waals surface area contributed by atoms with Crippen molar-refractivity contribution in [2.45, 2.75) is 32.8 Å². The molecule has 1 aliphatic rings. The highest BCUT2D eigenvalue weighted by molar-refractivity contribution is 5.77. The molecule has 0 fully saturated rings. The average molecular weight is 263 g/mol. The second-order valence-corrected chi connectivity index (χ2v) is 5.40. The van der Waals surface area contributed by atoms with Crippen LogP contribution in [0.3, 0.4) is 0 Å². The molecule has 0 saturated carbocycles. The van der Waals surface area contributed by atoms with Crippen molar-refractivity contribution < 1.29 is 14.6 Å². The number of rotatable bonds is 5. The molecule has 1 aromatic carbocycles. The van der Waals surface area contributed by atoms with E-state index in [2.05, 4.69) is 5.32 Å². The summed E-state index contributed by atoms with van der Waals surface area (Å²) in [5, 5.41) is 12.5. The minimum absolute atomic E-state index is 0.0358. The lowest BCUT2D eigenvalue weighted by molar-refractivity contribution is -0.123. The SMILES string of the molecule is CC(C)CNC(=O)COc1ccc2c(c1)CCC2O. The molecule has 1 aliphatic carbocycles. The van der Waals surface area contributed by atoms with Gasteiger partial charge in [0, 0.05) is 6.54 Å². The van der Waals surface area contributed by atoms with Crippen molar-refractivity contribution in [2.75, 3.05) is 13.2 Å². The monoisotopic (exact) mass is 263 g/mol. The molecule has 1 aromatic rings. The van der Waals surface area contributed by atoms with Gasteiger partial charge in [0.1, 0.15) is 5.75 Å². The fourth-order valence-corrected chi connectivity index (χ4v) is 2.18. The number of amides is 1. The number of carbonyl (C=O) groups is 1. The van der Waals surface area contributed by atoms with Gasteiger partial charge in [0.15, 0.2) is 6.61 Å². The lowest BCUT2D eigenvalue weighted by atomic mass is 10.1. The van der Waals surface area contributed by atoms with Crippen LogP contribution in [-0.4, -0.2) is 24.2 Å². The maximum Gasteiger partial charge on any atom is 0.257 e. The van der Waals surface area contributed by atoms with Gasteiger partial charge in [0.2, 0.25) is 0 Å². The summed E-state index contributed by atoms with van der Waals surface area (Å²) in [6.07, 6.45) is 1.29. The first-order chi connectivity index (χ1) is 9.06. The first-order valence-corrected chi connectivity index (χ1v) is 6.76. The maximum atomic E-state index is 11.5. The van der Waals surface area contributed by atoms with E-state index in [1.165, 1.54) is 0 Å². The van der Waals surface area contributed by atoms with Gasteiger partial charge < -0.3 is 15.2 Å². The van der Waals surface area contributed by atoms with E-state index in [4.69, 9.17) is 4.74 Å². The van der Waals surface area contributed by atoms with Gasteiger partial charge in [0.05, 0.1) is 6.10 Å². The van der Waals surface area contributed by atoms with Gasteiger partial charge in [-0.05, 0) is 42.0 Å². The van der Waals surface area contributed by atoms with Crippen LogP contribution in [0.4, 0.5) is 0 Å². The van der Waals surface area contributed by atoms with Crippen LogP contribution in [0.25, 0.3) is 0 Å². The number of aliphatic hydroxyl groups is 1. The van der Waals surface area contributed by atoms with E-state index in [1.54, 1.807) is 0 Å². The molecule has 4 heteroatoms. The molecule has 0 saturated heterocycles. The van der Waals surface area contributed by atoms with Gasteiger partial charge in [-0.3, -0.25) is 4.79 Å². The van der Waals surface area contributed by atoms with E-state index in [1.807, 2.05) is 32.0 Å².